The minimum absolute atomic E-state index is 0.824. The first-order valence-electron chi connectivity index (χ1n) is 3.65. The molecule has 0 aliphatic rings. The molecule has 0 bridgehead atoms. The van der Waals surface area contributed by atoms with Gasteiger partial charge < -0.3 is 3.07 Å². The monoisotopic (exact) mass is 287 g/mol. The van der Waals surface area contributed by atoms with E-state index in [1.807, 2.05) is 47.3 Å². The van der Waals surface area contributed by atoms with Gasteiger partial charge in [-0.2, -0.15) is 0 Å². The molecule has 0 atom stereocenters. The van der Waals surface area contributed by atoms with Gasteiger partial charge in [-0.05, 0) is 24.3 Å². The van der Waals surface area contributed by atoms with Crippen molar-refractivity contribution in [2.24, 2.45) is 0 Å². The van der Waals surface area contributed by atoms with Crippen LogP contribution in [0.3, 0.4) is 0 Å². The smallest absolute Gasteiger partial charge is 0.192 e. The first kappa shape index (κ1) is 8.49. The topological polar surface area (TPSA) is 39.9 Å². The summed E-state index contributed by atoms with van der Waals surface area (Å²) in [7, 11) is 0. The van der Waals surface area contributed by atoms with Crippen molar-refractivity contribution in [3.8, 4) is 11.4 Å². The van der Waals surface area contributed by atoms with Gasteiger partial charge in [0.1, 0.15) is 5.75 Å². The zero-order valence-corrected chi connectivity index (χ0v) is 8.75. The molecule has 2 rings (SSSR count). The first-order chi connectivity index (χ1) is 6.40. The van der Waals surface area contributed by atoms with Crippen LogP contribution in [0.4, 0.5) is 0 Å². The van der Waals surface area contributed by atoms with Crippen LogP contribution in [-0.4, -0.2) is 15.0 Å². The molecule has 0 radical (unpaired) electrons. The van der Waals surface area contributed by atoms with E-state index in [0.29, 0.717) is 0 Å². The maximum atomic E-state index is 5.01. The van der Waals surface area contributed by atoms with Crippen LogP contribution in [0.1, 0.15) is 0 Å². The van der Waals surface area contributed by atoms with Crippen molar-refractivity contribution in [3.05, 3.63) is 36.7 Å². The summed E-state index contributed by atoms with van der Waals surface area (Å²) in [6.07, 6.45) is 3.43. The molecule has 2 aromatic rings. The van der Waals surface area contributed by atoms with E-state index < -0.39 is 0 Å². The molecule has 0 aliphatic carbocycles. The third kappa shape index (κ3) is 1.80. The zero-order valence-electron chi connectivity index (χ0n) is 6.59. The SMILES string of the molecule is IOc1ccc(-n2ccnn2)cc1. The molecule has 0 saturated heterocycles. The number of hydrogen-bond acceptors (Lipinski definition) is 3. The Kier molecular flexibility index (Phi) is 2.44. The second kappa shape index (κ2) is 3.73. The van der Waals surface area contributed by atoms with Crippen molar-refractivity contribution in [1.82, 2.24) is 15.0 Å². The summed E-state index contributed by atoms with van der Waals surface area (Å²) in [4.78, 5) is 0. The van der Waals surface area contributed by atoms with E-state index in [1.54, 1.807) is 17.1 Å². The van der Waals surface area contributed by atoms with E-state index in [9.17, 15) is 0 Å². The molecule has 0 saturated carbocycles. The number of rotatable bonds is 2. The average Bonchev–Trinajstić information content (AvgIpc) is 2.71. The standard InChI is InChI=1S/C8H6IN3O/c9-13-8-3-1-7(2-4-8)12-6-5-10-11-12/h1-6H. The summed E-state index contributed by atoms with van der Waals surface area (Å²) in [5.41, 5.74) is 0.967. The summed E-state index contributed by atoms with van der Waals surface area (Å²) in [5.74, 6) is 0.824. The van der Waals surface area contributed by atoms with E-state index >= 15 is 0 Å². The second-order valence-corrected chi connectivity index (χ2v) is 2.86. The molecule has 1 aromatic carbocycles. The molecule has 0 unspecified atom stereocenters. The molecule has 0 spiro atoms. The lowest BCUT2D eigenvalue weighted by molar-refractivity contribution is 0.715. The summed E-state index contributed by atoms with van der Waals surface area (Å²) in [6, 6.07) is 7.60. The van der Waals surface area contributed by atoms with E-state index in [-0.39, 0.29) is 0 Å². The van der Waals surface area contributed by atoms with Crippen LogP contribution < -0.4 is 3.07 Å². The highest BCUT2D eigenvalue weighted by Gasteiger charge is 1.96. The maximum absolute atomic E-state index is 5.01. The predicted molar refractivity (Wildman–Crippen MR) is 56.0 cm³/mol. The van der Waals surface area contributed by atoms with Gasteiger partial charge in [0.05, 0.1) is 18.1 Å². The van der Waals surface area contributed by atoms with Gasteiger partial charge in [0.25, 0.3) is 0 Å². The Morgan fingerprint density at radius 1 is 1.23 bits per heavy atom. The van der Waals surface area contributed by atoms with Gasteiger partial charge >= 0.3 is 0 Å². The largest absolute Gasteiger partial charge is 0.428 e. The normalized spacial score (nSPS) is 9.92. The lowest BCUT2D eigenvalue weighted by Crippen LogP contribution is -1.93. The van der Waals surface area contributed by atoms with Crippen LogP contribution >= 0.6 is 23.0 Å². The van der Waals surface area contributed by atoms with Crippen LogP contribution in [0.25, 0.3) is 5.69 Å². The number of halogens is 1. The molecule has 0 amide bonds. The number of benzene rings is 1. The molecule has 4 nitrogen and oxygen atoms in total. The number of aromatic nitrogens is 3. The van der Waals surface area contributed by atoms with Crippen molar-refractivity contribution in [2.45, 2.75) is 0 Å². The van der Waals surface area contributed by atoms with Crippen molar-refractivity contribution in [3.63, 3.8) is 0 Å². The third-order valence-electron chi connectivity index (χ3n) is 1.61. The Morgan fingerprint density at radius 3 is 2.54 bits per heavy atom. The van der Waals surface area contributed by atoms with Gasteiger partial charge in [-0.15, -0.1) is 5.10 Å². The van der Waals surface area contributed by atoms with Gasteiger partial charge in [-0.25, -0.2) is 4.68 Å². The molecule has 13 heavy (non-hydrogen) atoms. The molecular formula is C8H6IN3O. The van der Waals surface area contributed by atoms with Gasteiger partial charge in [-0.1, -0.05) is 5.21 Å². The van der Waals surface area contributed by atoms with Gasteiger partial charge in [0, 0.05) is 0 Å². The van der Waals surface area contributed by atoms with Crippen molar-refractivity contribution >= 4 is 23.0 Å². The minimum Gasteiger partial charge on any atom is -0.428 e. The van der Waals surface area contributed by atoms with Crippen molar-refractivity contribution in [2.75, 3.05) is 0 Å². The maximum Gasteiger partial charge on any atom is 0.192 e. The number of hydrogen-bond donors (Lipinski definition) is 0. The quantitative estimate of drug-likeness (QED) is 0.793. The van der Waals surface area contributed by atoms with E-state index in [1.165, 1.54) is 0 Å². The highest BCUT2D eigenvalue weighted by atomic mass is 127. The Balaban J connectivity index is 2.33. The third-order valence-corrected chi connectivity index (χ3v) is 2.12. The molecule has 1 aromatic heterocycles. The van der Waals surface area contributed by atoms with Crippen LogP contribution in [0.2, 0.25) is 0 Å². The highest BCUT2D eigenvalue weighted by molar-refractivity contribution is 14.1. The molecule has 1 heterocycles. The van der Waals surface area contributed by atoms with Gasteiger partial charge in [0.2, 0.25) is 0 Å². The molecule has 5 heteroatoms. The van der Waals surface area contributed by atoms with Crippen LogP contribution in [0, 0.1) is 0 Å². The number of nitrogens with zero attached hydrogens (tertiary/aromatic N) is 3. The molecule has 0 N–H and O–H groups in total. The first-order valence-corrected chi connectivity index (χ1v) is 4.53. The fraction of sp³-hybridized carbons (Fsp3) is 0. The molecular weight excluding hydrogens is 281 g/mol. The van der Waals surface area contributed by atoms with Gasteiger partial charge in [-0.3, -0.25) is 0 Å². The zero-order chi connectivity index (χ0) is 9.10. The minimum atomic E-state index is 0.824. The highest BCUT2D eigenvalue weighted by Crippen LogP contribution is 2.15. The van der Waals surface area contributed by atoms with E-state index in [4.69, 9.17) is 3.07 Å². The van der Waals surface area contributed by atoms with E-state index in [0.717, 1.165) is 11.4 Å². The fourth-order valence-corrected chi connectivity index (χ4v) is 1.29. The molecule has 0 aliphatic heterocycles. The van der Waals surface area contributed by atoms with Crippen molar-refractivity contribution < 1.29 is 3.07 Å². The predicted octanol–water partition coefficient (Wildman–Crippen LogP) is 2.00. The summed E-state index contributed by atoms with van der Waals surface area (Å²) < 4.78 is 6.70. The van der Waals surface area contributed by atoms with E-state index in [2.05, 4.69) is 10.3 Å². The average molecular weight is 287 g/mol. The summed E-state index contributed by atoms with van der Waals surface area (Å²) in [6.45, 7) is 0. The van der Waals surface area contributed by atoms with Crippen LogP contribution in [0.5, 0.6) is 5.75 Å². The Bertz CT molecular complexity index is 371. The molecule has 66 valence electrons. The second-order valence-electron chi connectivity index (χ2n) is 2.42. The Labute approximate surface area is 89.2 Å². The molecule has 0 fully saturated rings. The van der Waals surface area contributed by atoms with Gasteiger partial charge in [0.15, 0.2) is 23.0 Å². The fourth-order valence-electron chi connectivity index (χ4n) is 0.996. The lowest BCUT2D eigenvalue weighted by atomic mass is 10.3. The van der Waals surface area contributed by atoms with Crippen LogP contribution in [0.15, 0.2) is 36.7 Å². The summed E-state index contributed by atoms with van der Waals surface area (Å²) in [5, 5.41) is 7.59. The Hall–Kier alpha value is -1.11. The van der Waals surface area contributed by atoms with Crippen LogP contribution in [-0.2, 0) is 0 Å². The van der Waals surface area contributed by atoms with Crippen molar-refractivity contribution in [1.29, 1.82) is 0 Å². The lowest BCUT2D eigenvalue weighted by Gasteiger charge is -2.00. The summed E-state index contributed by atoms with van der Waals surface area (Å²) >= 11 is 1.84. The Morgan fingerprint density at radius 2 is 2.00 bits per heavy atom.